The molecule has 5 rings (SSSR count). The zero-order chi connectivity index (χ0) is 25.4. The van der Waals surface area contributed by atoms with Gasteiger partial charge in [-0.3, -0.25) is 4.79 Å². The molecule has 0 spiro atoms. The highest BCUT2D eigenvalue weighted by Gasteiger charge is 2.39. The minimum absolute atomic E-state index is 0.0122. The van der Waals surface area contributed by atoms with E-state index in [2.05, 4.69) is 0 Å². The third-order valence-corrected chi connectivity index (χ3v) is 5.86. The Bertz CT molecular complexity index is 1500. The van der Waals surface area contributed by atoms with Crippen LogP contribution < -0.4 is 19.6 Å². The Hall–Kier alpha value is -3.69. The predicted molar refractivity (Wildman–Crippen MR) is 126 cm³/mol. The first-order valence-electron chi connectivity index (χ1n) is 10.7. The summed E-state index contributed by atoms with van der Waals surface area (Å²) >= 11 is 6.17. The van der Waals surface area contributed by atoms with Gasteiger partial charge in [0.2, 0.25) is 11.2 Å². The summed E-state index contributed by atoms with van der Waals surface area (Å²) in [6.07, 6.45) is -4.90. The zero-order valence-electron chi connectivity index (χ0n) is 18.8. The Labute approximate surface area is 207 Å². The van der Waals surface area contributed by atoms with Gasteiger partial charge in [0.15, 0.2) is 6.79 Å². The Kier molecular flexibility index (Phi) is 6.27. The molecule has 4 aromatic rings. The van der Waals surface area contributed by atoms with Crippen LogP contribution in [-0.2, 0) is 24.1 Å². The minimum atomic E-state index is -4.90. The van der Waals surface area contributed by atoms with Gasteiger partial charge < -0.3 is 23.4 Å². The second-order valence-corrected chi connectivity index (χ2v) is 8.41. The van der Waals surface area contributed by atoms with Gasteiger partial charge in [-0.1, -0.05) is 23.7 Å². The van der Waals surface area contributed by atoms with Gasteiger partial charge in [-0.05, 0) is 42.0 Å². The Morgan fingerprint density at radius 3 is 2.50 bits per heavy atom. The van der Waals surface area contributed by atoms with Crippen LogP contribution >= 0.6 is 11.6 Å². The fourth-order valence-electron chi connectivity index (χ4n) is 4.01. The average molecular weight is 519 g/mol. The van der Waals surface area contributed by atoms with Crippen LogP contribution in [0.2, 0.25) is 5.02 Å². The minimum Gasteiger partial charge on any atom is -0.497 e. The van der Waals surface area contributed by atoms with Crippen LogP contribution in [-0.4, -0.2) is 13.9 Å². The molecule has 0 bridgehead atoms. The number of alkyl halides is 3. The number of ether oxygens (including phenoxy) is 4. The van der Waals surface area contributed by atoms with E-state index in [9.17, 15) is 18.0 Å². The summed E-state index contributed by atoms with van der Waals surface area (Å²) in [5.41, 5.74) is -0.159. The lowest BCUT2D eigenvalue weighted by atomic mass is 10.0. The molecule has 2 heterocycles. The monoisotopic (exact) mass is 518 g/mol. The molecular weight excluding hydrogens is 501 g/mol. The summed E-state index contributed by atoms with van der Waals surface area (Å²) in [4.78, 5) is 13.2. The number of benzene rings is 3. The van der Waals surface area contributed by atoms with Crippen LogP contribution in [0.15, 0.2) is 63.8 Å². The van der Waals surface area contributed by atoms with Gasteiger partial charge >= 0.3 is 6.18 Å². The Morgan fingerprint density at radius 2 is 1.78 bits per heavy atom. The molecule has 0 N–H and O–H groups in total. The maximum atomic E-state index is 13.9. The fraction of sp³-hybridized carbons (Fsp3) is 0.192. The van der Waals surface area contributed by atoms with Gasteiger partial charge in [-0.2, -0.15) is 13.2 Å². The number of methoxy groups -OCH3 is 1. The largest absolute Gasteiger partial charge is 0.497 e. The summed E-state index contributed by atoms with van der Waals surface area (Å²) in [5.74, 6) is -0.156. The van der Waals surface area contributed by atoms with Crippen molar-refractivity contribution in [1.29, 1.82) is 0 Å². The van der Waals surface area contributed by atoms with Crippen molar-refractivity contribution in [3.05, 3.63) is 86.7 Å². The van der Waals surface area contributed by atoms with Gasteiger partial charge in [-0.15, -0.1) is 0 Å². The molecule has 0 atom stereocenters. The molecule has 1 aromatic heterocycles. The van der Waals surface area contributed by atoms with Crippen molar-refractivity contribution in [1.82, 2.24) is 0 Å². The average Bonchev–Trinajstić information content (AvgIpc) is 2.86. The number of fused-ring (bicyclic) bond motifs is 2. The van der Waals surface area contributed by atoms with E-state index in [1.165, 1.54) is 49.6 Å². The molecule has 1 aliphatic heterocycles. The third kappa shape index (κ3) is 4.59. The van der Waals surface area contributed by atoms with E-state index in [-0.39, 0.29) is 35.7 Å². The van der Waals surface area contributed by atoms with Crippen molar-refractivity contribution in [2.45, 2.75) is 19.4 Å². The first-order chi connectivity index (χ1) is 17.2. The number of halogens is 4. The third-order valence-electron chi connectivity index (χ3n) is 5.65. The molecule has 0 radical (unpaired) electrons. The smallest absolute Gasteiger partial charge is 0.450 e. The van der Waals surface area contributed by atoms with E-state index in [0.717, 1.165) is 5.56 Å². The summed E-state index contributed by atoms with van der Waals surface area (Å²) < 4.78 is 68.7. The second-order valence-electron chi connectivity index (χ2n) is 7.97. The molecule has 0 saturated carbocycles. The molecular formula is C26H18ClF3O6. The van der Waals surface area contributed by atoms with Crippen LogP contribution in [0, 0.1) is 0 Å². The first-order valence-corrected chi connectivity index (χ1v) is 11.1. The van der Waals surface area contributed by atoms with E-state index in [0.29, 0.717) is 28.7 Å². The topological polar surface area (TPSA) is 67.1 Å². The highest BCUT2D eigenvalue weighted by Crippen LogP contribution is 2.38. The van der Waals surface area contributed by atoms with Gasteiger partial charge in [0.1, 0.15) is 29.4 Å². The molecule has 0 unspecified atom stereocenters. The van der Waals surface area contributed by atoms with Crippen LogP contribution in [0.4, 0.5) is 13.2 Å². The van der Waals surface area contributed by atoms with Gasteiger partial charge in [0, 0.05) is 22.2 Å². The highest BCUT2D eigenvalue weighted by atomic mass is 35.5. The zero-order valence-corrected chi connectivity index (χ0v) is 19.5. The normalized spacial score (nSPS) is 13.2. The summed E-state index contributed by atoms with van der Waals surface area (Å²) in [6.45, 7) is 0.439. The molecule has 0 aliphatic carbocycles. The SMILES string of the molecule is COc1ccc(-c2c(C(F)(F)F)oc3cc(OCc4cc(Cl)cc5c4OCOC5)ccc3c2=O)cc1. The molecule has 6 nitrogen and oxygen atoms in total. The van der Waals surface area contributed by atoms with Crippen molar-refractivity contribution in [2.24, 2.45) is 0 Å². The van der Waals surface area contributed by atoms with Gasteiger partial charge in [0.25, 0.3) is 0 Å². The maximum Gasteiger partial charge on any atom is 0.450 e. The lowest BCUT2D eigenvalue weighted by Crippen LogP contribution is -2.16. The van der Waals surface area contributed by atoms with Crippen molar-refractivity contribution in [3.8, 4) is 28.4 Å². The Morgan fingerprint density at radius 1 is 1.03 bits per heavy atom. The van der Waals surface area contributed by atoms with Crippen LogP contribution in [0.25, 0.3) is 22.1 Å². The van der Waals surface area contributed by atoms with Gasteiger partial charge in [-0.25, -0.2) is 0 Å². The molecule has 0 saturated heterocycles. The number of rotatable bonds is 5. The molecule has 0 amide bonds. The number of hydrogen-bond donors (Lipinski definition) is 0. The van der Waals surface area contributed by atoms with E-state index >= 15 is 0 Å². The number of hydrogen-bond acceptors (Lipinski definition) is 6. The highest BCUT2D eigenvalue weighted by molar-refractivity contribution is 6.30. The summed E-state index contributed by atoms with van der Waals surface area (Å²) in [7, 11) is 1.43. The molecule has 186 valence electrons. The van der Waals surface area contributed by atoms with E-state index in [1.54, 1.807) is 12.1 Å². The quantitative estimate of drug-likeness (QED) is 0.297. The summed E-state index contributed by atoms with van der Waals surface area (Å²) in [6, 6.07) is 13.2. The van der Waals surface area contributed by atoms with E-state index in [1.807, 2.05) is 0 Å². The standard InChI is InChI=1S/C26H18ClF3O6/c1-32-18-4-2-14(3-5-18)22-23(31)20-7-6-19(10-21(20)36-25(22)26(28,29)30)34-12-16-9-17(27)8-15-11-33-13-35-24(15)16/h2-10H,11-13H2,1H3. The molecule has 1 aliphatic rings. The molecule has 0 fully saturated rings. The first kappa shape index (κ1) is 24.0. The van der Waals surface area contributed by atoms with Gasteiger partial charge in [0.05, 0.1) is 24.7 Å². The van der Waals surface area contributed by atoms with Crippen molar-refractivity contribution < 1.29 is 36.5 Å². The lowest BCUT2D eigenvalue weighted by Gasteiger charge is -2.21. The van der Waals surface area contributed by atoms with E-state index < -0.39 is 22.9 Å². The van der Waals surface area contributed by atoms with Crippen LogP contribution in [0.1, 0.15) is 16.9 Å². The Balaban J connectivity index is 1.53. The second kappa shape index (κ2) is 9.40. The predicted octanol–water partition coefficient (Wildman–Crippen LogP) is 6.59. The van der Waals surface area contributed by atoms with E-state index in [4.69, 9.17) is 35.0 Å². The van der Waals surface area contributed by atoms with Crippen LogP contribution in [0.5, 0.6) is 17.2 Å². The maximum absolute atomic E-state index is 13.9. The van der Waals surface area contributed by atoms with Crippen molar-refractivity contribution in [3.63, 3.8) is 0 Å². The molecule has 36 heavy (non-hydrogen) atoms. The van der Waals surface area contributed by atoms with Crippen molar-refractivity contribution in [2.75, 3.05) is 13.9 Å². The fourth-order valence-corrected chi connectivity index (χ4v) is 4.27. The van der Waals surface area contributed by atoms with Crippen LogP contribution in [0.3, 0.4) is 0 Å². The van der Waals surface area contributed by atoms with Crippen molar-refractivity contribution >= 4 is 22.6 Å². The summed E-state index contributed by atoms with van der Waals surface area (Å²) in [5, 5.41) is 0.452. The molecule has 3 aromatic carbocycles. The lowest BCUT2D eigenvalue weighted by molar-refractivity contribution is -0.152. The molecule has 10 heteroatoms.